The molecule has 2 heterocycles. The Morgan fingerprint density at radius 2 is 1.76 bits per heavy atom. The zero-order valence-electron chi connectivity index (χ0n) is 19.0. The van der Waals surface area contributed by atoms with Crippen LogP contribution in [0.2, 0.25) is 0 Å². The molecule has 4 rings (SSSR count). The molecule has 1 amide bonds. The zero-order valence-corrected chi connectivity index (χ0v) is 19.0. The summed E-state index contributed by atoms with van der Waals surface area (Å²) in [5, 5.41) is 2.83. The Morgan fingerprint density at radius 1 is 1.09 bits per heavy atom. The van der Waals surface area contributed by atoms with Crippen molar-refractivity contribution < 1.29 is 9.53 Å². The number of benzene rings is 2. The van der Waals surface area contributed by atoms with E-state index in [9.17, 15) is 14.4 Å². The van der Waals surface area contributed by atoms with Gasteiger partial charge in [-0.2, -0.15) is 0 Å². The molecule has 1 aliphatic heterocycles. The van der Waals surface area contributed by atoms with Crippen LogP contribution in [0.1, 0.15) is 5.56 Å². The maximum absolute atomic E-state index is 12.6. The minimum Gasteiger partial charge on any atom is -0.383 e. The van der Waals surface area contributed by atoms with Crippen molar-refractivity contribution in [3.05, 3.63) is 81.0 Å². The van der Waals surface area contributed by atoms with Crippen molar-refractivity contribution in [3.8, 4) is 0 Å². The van der Waals surface area contributed by atoms with E-state index in [0.29, 0.717) is 18.9 Å². The Morgan fingerprint density at radius 3 is 2.44 bits per heavy atom. The van der Waals surface area contributed by atoms with Gasteiger partial charge in [0.2, 0.25) is 5.91 Å². The number of morpholine rings is 1. The van der Waals surface area contributed by atoms with Crippen LogP contribution in [0.5, 0.6) is 0 Å². The van der Waals surface area contributed by atoms with Crippen molar-refractivity contribution in [1.29, 1.82) is 0 Å². The number of aromatic amines is 1. The summed E-state index contributed by atoms with van der Waals surface area (Å²) in [7, 11) is 1.58. The molecule has 2 aromatic carbocycles. The van der Waals surface area contributed by atoms with E-state index in [0.717, 1.165) is 24.3 Å². The molecule has 0 radical (unpaired) electrons. The van der Waals surface area contributed by atoms with Crippen LogP contribution in [0.25, 0.3) is 0 Å². The number of rotatable bonds is 7. The van der Waals surface area contributed by atoms with E-state index in [1.807, 2.05) is 54.6 Å². The first-order valence-electron chi connectivity index (χ1n) is 11.0. The lowest BCUT2D eigenvalue weighted by Gasteiger charge is -2.29. The number of H-pyrrole nitrogens is 1. The Hall–Kier alpha value is -4.05. The van der Waals surface area contributed by atoms with Crippen LogP contribution in [0.3, 0.4) is 0 Å². The number of hydrogen-bond acceptors (Lipinski definition) is 7. The van der Waals surface area contributed by atoms with Crippen molar-refractivity contribution in [2.24, 2.45) is 0 Å². The summed E-state index contributed by atoms with van der Waals surface area (Å²) in [4.78, 5) is 43.5. The maximum Gasteiger partial charge on any atom is 0.330 e. The van der Waals surface area contributed by atoms with Gasteiger partial charge in [-0.1, -0.05) is 30.3 Å². The van der Waals surface area contributed by atoms with Crippen molar-refractivity contribution in [2.45, 2.75) is 6.54 Å². The first-order valence-corrected chi connectivity index (χ1v) is 11.0. The van der Waals surface area contributed by atoms with Crippen molar-refractivity contribution in [3.63, 3.8) is 0 Å². The fraction of sp³-hybridized carbons (Fsp3) is 0.292. The third kappa shape index (κ3) is 5.29. The third-order valence-corrected chi connectivity index (χ3v) is 5.69. The molecule has 3 aromatic rings. The number of hydrogen-bond donors (Lipinski definition) is 3. The molecule has 0 aliphatic carbocycles. The van der Waals surface area contributed by atoms with Gasteiger partial charge in [0.1, 0.15) is 11.5 Å². The lowest BCUT2D eigenvalue weighted by Crippen LogP contribution is -2.39. The van der Waals surface area contributed by atoms with Crippen LogP contribution < -0.4 is 32.1 Å². The molecule has 1 aliphatic rings. The summed E-state index contributed by atoms with van der Waals surface area (Å²) in [6, 6.07) is 16.9. The number of carbonyl (C=O) groups excluding carboxylic acids is 1. The smallest absolute Gasteiger partial charge is 0.330 e. The Kier molecular flexibility index (Phi) is 6.98. The highest BCUT2D eigenvalue weighted by atomic mass is 16.5. The summed E-state index contributed by atoms with van der Waals surface area (Å²) in [5.74, 6) is -0.316. The van der Waals surface area contributed by atoms with E-state index < -0.39 is 11.2 Å². The molecule has 4 N–H and O–H groups in total. The molecule has 1 saturated heterocycles. The predicted octanol–water partition coefficient (Wildman–Crippen LogP) is 1.08. The minimum atomic E-state index is -0.642. The van der Waals surface area contributed by atoms with E-state index in [4.69, 9.17) is 10.5 Å². The third-order valence-electron chi connectivity index (χ3n) is 5.69. The minimum absolute atomic E-state index is 0.00256. The number of likely N-dealkylation sites (N-methyl/N-ethyl adjacent to an activating group) is 1. The lowest BCUT2D eigenvalue weighted by molar-refractivity contribution is -0.114. The molecule has 1 aromatic heterocycles. The number of aromatic nitrogens is 2. The van der Waals surface area contributed by atoms with Gasteiger partial charge in [0.25, 0.3) is 5.56 Å². The van der Waals surface area contributed by atoms with Crippen molar-refractivity contribution >= 4 is 28.8 Å². The Balaban J connectivity index is 1.45. The van der Waals surface area contributed by atoms with Gasteiger partial charge in [-0.3, -0.25) is 19.1 Å². The SMILES string of the molecule is CN(CC(=O)Nc1ccc(N2CCOCC2)cc1)c1c(N)n(Cc2ccccc2)c(=O)[nH]c1=O. The van der Waals surface area contributed by atoms with Crippen LogP contribution in [-0.2, 0) is 16.1 Å². The van der Waals surface area contributed by atoms with Crippen LogP contribution in [0, 0.1) is 0 Å². The molecule has 1 fully saturated rings. The summed E-state index contributed by atoms with van der Waals surface area (Å²) in [6.07, 6.45) is 0. The summed E-state index contributed by atoms with van der Waals surface area (Å²) >= 11 is 0. The number of anilines is 4. The van der Waals surface area contributed by atoms with Gasteiger partial charge in [0, 0.05) is 31.5 Å². The zero-order chi connectivity index (χ0) is 24.1. The Labute approximate surface area is 196 Å². The quantitative estimate of drug-likeness (QED) is 0.478. The van der Waals surface area contributed by atoms with Crippen LogP contribution >= 0.6 is 0 Å². The van der Waals surface area contributed by atoms with Gasteiger partial charge in [-0.15, -0.1) is 0 Å². The Bertz CT molecular complexity index is 1250. The van der Waals surface area contributed by atoms with E-state index in [1.54, 1.807) is 7.05 Å². The second-order valence-corrected chi connectivity index (χ2v) is 8.12. The van der Waals surface area contributed by atoms with Gasteiger partial charge in [0.15, 0.2) is 0 Å². The number of nitrogens with zero attached hydrogens (tertiary/aromatic N) is 3. The topological polar surface area (TPSA) is 126 Å². The predicted molar refractivity (Wildman–Crippen MR) is 133 cm³/mol. The first kappa shape index (κ1) is 23.1. The molecule has 0 atom stereocenters. The number of nitrogen functional groups attached to an aromatic ring is 1. The molecule has 178 valence electrons. The standard InChI is InChI=1S/C24H28N6O4/c1-28(16-20(31)26-18-7-9-19(10-8-18)29-11-13-34-14-12-29)21-22(25)30(24(33)27-23(21)32)15-17-5-3-2-4-6-17/h2-10H,11-16,25H2,1H3,(H,26,31)(H,27,32,33). The number of nitrogens with one attached hydrogen (secondary N) is 2. The summed E-state index contributed by atoms with van der Waals surface area (Å²) in [5.41, 5.74) is 7.59. The molecule has 10 heteroatoms. The first-order chi connectivity index (χ1) is 16.4. The van der Waals surface area contributed by atoms with E-state index in [2.05, 4.69) is 15.2 Å². The molecular formula is C24H28N6O4. The second-order valence-electron chi connectivity index (χ2n) is 8.12. The normalized spacial score (nSPS) is 13.5. The fourth-order valence-corrected chi connectivity index (χ4v) is 3.94. The van der Waals surface area contributed by atoms with Crippen molar-refractivity contribution in [1.82, 2.24) is 9.55 Å². The molecule has 0 saturated carbocycles. The maximum atomic E-state index is 12.6. The van der Waals surface area contributed by atoms with E-state index in [-0.39, 0.29) is 30.5 Å². The highest BCUT2D eigenvalue weighted by Gasteiger charge is 2.19. The van der Waals surface area contributed by atoms with Gasteiger partial charge < -0.3 is 25.6 Å². The highest BCUT2D eigenvalue weighted by Crippen LogP contribution is 2.20. The second kappa shape index (κ2) is 10.3. The monoisotopic (exact) mass is 464 g/mol. The number of amides is 1. The lowest BCUT2D eigenvalue weighted by atomic mass is 10.2. The number of nitrogens with two attached hydrogens (primary N) is 1. The van der Waals surface area contributed by atoms with Crippen LogP contribution in [0.15, 0.2) is 64.2 Å². The molecule has 10 nitrogen and oxygen atoms in total. The fourth-order valence-electron chi connectivity index (χ4n) is 3.94. The highest BCUT2D eigenvalue weighted by molar-refractivity contribution is 5.94. The molecule has 0 bridgehead atoms. The number of carbonyl (C=O) groups is 1. The summed E-state index contributed by atoms with van der Waals surface area (Å²) < 4.78 is 6.66. The average molecular weight is 465 g/mol. The molecule has 0 spiro atoms. The van der Waals surface area contributed by atoms with E-state index in [1.165, 1.54) is 9.47 Å². The van der Waals surface area contributed by atoms with Crippen molar-refractivity contribution in [2.75, 3.05) is 60.7 Å². The van der Waals surface area contributed by atoms with Gasteiger partial charge >= 0.3 is 5.69 Å². The van der Waals surface area contributed by atoms with Gasteiger partial charge in [-0.05, 0) is 29.8 Å². The van der Waals surface area contributed by atoms with Crippen LogP contribution in [0.4, 0.5) is 22.9 Å². The van der Waals surface area contributed by atoms with Gasteiger partial charge in [-0.25, -0.2) is 4.79 Å². The largest absolute Gasteiger partial charge is 0.383 e. The van der Waals surface area contributed by atoms with E-state index >= 15 is 0 Å². The van der Waals surface area contributed by atoms with Crippen LogP contribution in [-0.4, -0.2) is 55.4 Å². The molecule has 0 unspecified atom stereocenters. The number of ether oxygens (including phenoxy) is 1. The molecular weight excluding hydrogens is 436 g/mol. The molecule has 34 heavy (non-hydrogen) atoms. The average Bonchev–Trinajstić information content (AvgIpc) is 2.83. The summed E-state index contributed by atoms with van der Waals surface area (Å²) in [6.45, 7) is 3.14. The van der Waals surface area contributed by atoms with Gasteiger partial charge in [0.05, 0.1) is 26.3 Å².